The van der Waals surface area contributed by atoms with Crippen LogP contribution < -0.4 is 0 Å². The fourth-order valence-electron chi connectivity index (χ4n) is 1.19. The first-order valence-electron chi connectivity index (χ1n) is 4.49. The summed E-state index contributed by atoms with van der Waals surface area (Å²) < 4.78 is 5.00. The van der Waals surface area contributed by atoms with Crippen molar-refractivity contribution in [3.63, 3.8) is 0 Å². The molecule has 82 valence electrons. The molecule has 6 heteroatoms. The second-order valence-corrected chi connectivity index (χ2v) is 3.98. The van der Waals surface area contributed by atoms with Crippen LogP contribution in [0.3, 0.4) is 0 Å². The summed E-state index contributed by atoms with van der Waals surface area (Å²) in [6.07, 6.45) is 4.55. The van der Waals surface area contributed by atoms with E-state index in [0.717, 1.165) is 10.7 Å². The second-order valence-electron chi connectivity index (χ2n) is 3.09. The van der Waals surface area contributed by atoms with Crippen molar-refractivity contribution in [2.45, 2.75) is 6.92 Å². The third-order valence-corrected chi connectivity index (χ3v) is 2.81. The molecule has 2 aromatic heterocycles. The van der Waals surface area contributed by atoms with Crippen LogP contribution in [0.2, 0.25) is 0 Å². The van der Waals surface area contributed by atoms with Crippen molar-refractivity contribution < 1.29 is 9.34 Å². The predicted octanol–water partition coefficient (Wildman–Crippen LogP) is 3.12. The summed E-state index contributed by atoms with van der Waals surface area (Å²) >= 11 is 1.48. The van der Waals surface area contributed by atoms with Gasteiger partial charge in [0.2, 0.25) is 5.76 Å². The monoisotopic (exact) mass is 236 g/mol. The third-order valence-electron chi connectivity index (χ3n) is 1.88. The fourth-order valence-corrected chi connectivity index (χ4v) is 1.87. The van der Waals surface area contributed by atoms with Crippen LogP contribution >= 0.6 is 11.3 Å². The maximum absolute atomic E-state index is 10.6. The van der Waals surface area contributed by atoms with Crippen molar-refractivity contribution in [1.29, 1.82) is 0 Å². The lowest BCUT2D eigenvalue weighted by atomic mass is 10.3. The molecule has 2 heterocycles. The van der Waals surface area contributed by atoms with E-state index in [1.165, 1.54) is 23.7 Å². The number of hydrogen-bond acceptors (Lipinski definition) is 5. The predicted molar refractivity (Wildman–Crippen MR) is 61.1 cm³/mol. The minimum atomic E-state index is -0.476. The second kappa shape index (κ2) is 4.28. The molecule has 5 nitrogen and oxygen atoms in total. The molecule has 0 aliphatic rings. The molecule has 0 N–H and O–H groups in total. The first-order chi connectivity index (χ1) is 7.66. The molecule has 0 aliphatic carbocycles. The normalized spacial score (nSPS) is 11.1. The van der Waals surface area contributed by atoms with E-state index in [9.17, 15) is 10.1 Å². The molecule has 0 saturated carbocycles. The minimum Gasteiger partial charge on any atom is -0.457 e. The minimum absolute atomic E-state index is 0.0375. The van der Waals surface area contributed by atoms with E-state index in [1.807, 2.05) is 12.3 Å². The summed E-state index contributed by atoms with van der Waals surface area (Å²) in [6.45, 7) is 1.89. The van der Waals surface area contributed by atoms with Crippen LogP contribution in [-0.4, -0.2) is 9.91 Å². The Bertz CT molecular complexity index is 542. The highest BCUT2D eigenvalue weighted by molar-refractivity contribution is 7.10. The standard InChI is InChI=1S/C10H8N2O3S/c1-7-6-16-10(11-7)3-2-9-8(12(13)14)4-5-15-9/h2-6H,1H3. The number of furan rings is 1. The van der Waals surface area contributed by atoms with Crippen LogP contribution in [0.15, 0.2) is 22.1 Å². The lowest BCUT2D eigenvalue weighted by Crippen LogP contribution is -1.86. The average molecular weight is 236 g/mol. The zero-order chi connectivity index (χ0) is 11.5. The van der Waals surface area contributed by atoms with Crippen LogP contribution in [0.25, 0.3) is 12.2 Å². The Hall–Kier alpha value is -1.95. The fraction of sp³-hybridized carbons (Fsp3) is 0.100. The lowest BCUT2D eigenvalue weighted by Gasteiger charge is -1.87. The van der Waals surface area contributed by atoms with Crippen molar-refractivity contribution >= 4 is 29.2 Å². The summed E-state index contributed by atoms with van der Waals surface area (Å²) in [5.41, 5.74) is 0.892. The van der Waals surface area contributed by atoms with Crippen LogP contribution in [0.5, 0.6) is 0 Å². The maximum Gasteiger partial charge on any atom is 0.314 e. The zero-order valence-electron chi connectivity index (χ0n) is 8.41. The first-order valence-corrected chi connectivity index (χ1v) is 5.37. The van der Waals surface area contributed by atoms with Gasteiger partial charge in [-0.25, -0.2) is 4.98 Å². The smallest absolute Gasteiger partial charge is 0.314 e. The van der Waals surface area contributed by atoms with Gasteiger partial charge in [-0.2, -0.15) is 0 Å². The summed E-state index contributed by atoms with van der Waals surface area (Å²) in [4.78, 5) is 14.3. The Morgan fingerprint density at radius 2 is 2.38 bits per heavy atom. The number of aromatic nitrogens is 1. The number of aryl methyl sites for hydroxylation is 1. The van der Waals surface area contributed by atoms with Gasteiger partial charge >= 0.3 is 5.69 Å². The molecule has 16 heavy (non-hydrogen) atoms. The molecule has 0 aromatic carbocycles. The number of thiazole rings is 1. The van der Waals surface area contributed by atoms with E-state index in [1.54, 1.807) is 12.2 Å². The molecule has 0 unspecified atom stereocenters. The number of nitro groups is 1. The third kappa shape index (κ3) is 2.17. The molecule has 0 amide bonds. The van der Waals surface area contributed by atoms with Crippen LogP contribution in [0.4, 0.5) is 5.69 Å². The Morgan fingerprint density at radius 1 is 1.56 bits per heavy atom. The number of hydrogen-bond donors (Lipinski definition) is 0. The van der Waals surface area contributed by atoms with Gasteiger partial charge in [0, 0.05) is 11.1 Å². The van der Waals surface area contributed by atoms with E-state index >= 15 is 0 Å². The molecule has 0 saturated heterocycles. The average Bonchev–Trinajstić information content (AvgIpc) is 2.83. The van der Waals surface area contributed by atoms with Gasteiger partial charge < -0.3 is 4.42 Å². The summed E-state index contributed by atoms with van der Waals surface area (Å²) in [6, 6.07) is 1.33. The van der Waals surface area contributed by atoms with Crippen molar-refractivity contribution in [3.05, 3.63) is 44.3 Å². The van der Waals surface area contributed by atoms with Crippen molar-refractivity contribution in [2.75, 3.05) is 0 Å². The first kappa shape index (κ1) is 10.6. The van der Waals surface area contributed by atoms with Crippen LogP contribution in [0.1, 0.15) is 16.5 Å². The largest absolute Gasteiger partial charge is 0.457 e. The SMILES string of the molecule is Cc1csc(C=Cc2occc2[N+](=O)[O-])n1. The van der Waals surface area contributed by atoms with Crippen molar-refractivity contribution in [1.82, 2.24) is 4.98 Å². The Labute approximate surface area is 95.2 Å². The Morgan fingerprint density at radius 3 is 3.00 bits per heavy atom. The Balaban J connectivity index is 2.23. The van der Waals surface area contributed by atoms with Gasteiger partial charge in [0.25, 0.3) is 0 Å². The molecular weight excluding hydrogens is 228 g/mol. The van der Waals surface area contributed by atoms with E-state index in [0.29, 0.717) is 0 Å². The van der Waals surface area contributed by atoms with Gasteiger partial charge in [0.05, 0.1) is 17.3 Å². The molecule has 0 atom stereocenters. The van der Waals surface area contributed by atoms with Gasteiger partial charge in [-0.05, 0) is 19.1 Å². The van der Waals surface area contributed by atoms with Gasteiger partial charge in [0.1, 0.15) is 5.01 Å². The zero-order valence-corrected chi connectivity index (χ0v) is 9.23. The quantitative estimate of drug-likeness (QED) is 0.606. The van der Waals surface area contributed by atoms with Gasteiger partial charge in [-0.3, -0.25) is 10.1 Å². The molecule has 0 radical (unpaired) electrons. The molecule has 2 aromatic rings. The van der Waals surface area contributed by atoms with Crippen molar-refractivity contribution in [3.8, 4) is 0 Å². The van der Waals surface area contributed by atoms with E-state index in [2.05, 4.69) is 4.98 Å². The Kier molecular flexibility index (Phi) is 2.82. The molecular formula is C10H8N2O3S. The lowest BCUT2D eigenvalue weighted by molar-refractivity contribution is -0.385. The highest BCUT2D eigenvalue weighted by Gasteiger charge is 2.14. The molecule has 0 fully saturated rings. The van der Waals surface area contributed by atoms with Crippen LogP contribution in [-0.2, 0) is 0 Å². The van der Waals surface area contributed by atoms with E-state index < -0.39 is 4.92 Å². The van der Waals surface area contributed by atoms with Gasteiger partial charge in [0.15, 0.2) is 0 Å². The molecule has 0 spiro atoms. The molecule has 2 rings (SSSR count). The maximum atomic E-state index is 10.6. The number of rotatable bonds is 3. The molecule has 0 aliphatic heterocycles. The number of nitrogens with zero attached hydrogens (tertiary/aromatic N) is 2. The van der Waals surface area contributed by atoms with Crippen LogP contribution in [0, 0.1) is 17.0 Å². The highest BCUT2D eigenvalue weighted by Crippen LogP contribution is 2.22. The topological polar surface area (TPSA) is 69.2 Å². The van der Waals surface area contributed by atoms with E-state index in [4.69, 9.17) is 4.42 Å². The summed E-state index contributed by atoms with van der Waals surface area (Å²) in [7, 11) is 0. The highest BCUT2D eigenvalue weighted by atomic mass is 32.1. The van der Waals surface area contributed by atoms with E-state index in [-0.39, 0.29) is 11.4 Å². The summed E-state index contributed by atoms with van der Waals surface area (Å²) in [5, 5.41) is 13.3. The molecule has 0 bridgehead atoms. The summed E-state index contributed by atoms with van der Waals surface area (Å²) in [5.74, 6) is 0.234. The van der Waals surface area contributed by atoms with Crippen molar-refractivity contribution in [2.24, 2.45) is 0 Å². The van der Waals surface area contributed by atoms with Gasteiger partial charge in [-0.1, -0.05) is 0 Å². The van der Waals surface area contributed by atoms with Gasteiger partial charge in [-0.15, -0.1) is 11.3 Å².